The quantitative estimate of drug-likeness (QED) is 0.794. The number of carbonyl (C=O) groups excluding carboxylic acids is 1. The zero-order chi connectivity index (χ0) is 12.7. The van der Waals surface area contributed by atoms with Crippen molar-refractivity contribution < 1.29 is 9.18 Å². The molecule has 3 nitrogen and oxygen atoms in total. The van der Waals surface area contributed by atoms with E-state index in [0.717, 1.165) is 19.3 Å². The monoisotopic (exact) mass is 302 g/mol. The molecule has 1 aromatic carbocycles. The Labute approximate surface area is 109 Å². The van der Waals surface area contributed by atoms with E-state index in [0.29, 0.717) is 23.1 Å². The Bertz CT molecular complexity index is 385. The minimum Gasteiger partial charge on any atom is -0.330 e. The van der Waals surface area contributed by atoms with Crippen LogP contribution in [-0.2, 0) is 4.79 Å². The highest BCUT2D eigenvalue weighted by atomic mass is 79.9. The molecule has 0 radical (unpaired) electrons. The van der Waals surface area contributed by atoms with Gasteiger partial charge in [0.2, 0.25) is 5.91 Å². The first-order valence-corrected chi connectivity index (χ1v) is 6.37. The summed E-state index contributed by atoms with van der Waals surface area (Å²) in [6.45, 7) is 0.658. The van der Waals surface area contributed by atoms with Gasteiger partial charge in [-0.05, 0) is 53.5 Å². The van der Waals surface area contributed by atoms with E-state index in [-0.39, 0.29) is 11.7 Å². The van der Waals surface area contributed by atoms with Crippen molar-refractivity contribution in [2.24, 2.45) is 5.73 Å². The van der Waals surface area contributed by atoms with Crippen molar-refractivity contribution in [3.05, 3.63) is 28.5 Å². The van der Waals surface area contributed by atoms with Crippen molar-refractivity contribution >= 4 is 27.5 Å². The molecule has 5 heteroatoms. The number of unbranched alkanes of at least 4 members (excludes halogenated alkanes) is 2. The molecule has 3 N–H and O–H groups in total. The Kier molecular flexibility index (Phi) is 6.15. The molecule has 0 fully saturated rings. The van der Waals surface area contributed by atoms with E-state index in [1.165, 1.54) is 18.2 Å². The van der Waals surface area contributed by atoms with Gasteiger partial charge in [0.1, 0.15) is 5.82 Å². The summed E-state index contributed by atoms with van der Waals surface area (Å²) < 4.78 is 13.4. The second-order valence-electron chi connectivity index (χ2n) is 3.77. The molecule has 0 saturated carbocycles. The van der Waals surface area contributed by atoms with E-state index >= 15 is 0 Å². The van der Waals surface area contributed by atoms with Gasteiger partial charge in [-0.15, -0.1) is 0 Å². The lowest BCUT2D eigenvalue weighted by Gasteiger charge is -2.07. The molecule has 1 aromatic rings. The summed E-state index contributed by atoms with van der Waals surface area (Å²) in [7, 11) is 0. The number of benzene rings is 1. The maximum Gasteiger partial charge on any atom is 0.224 e. The Hall–Kier alpha value is -0.940. The molecule has 0 aromatic heterocycles. The molecule has 0 aliphatic carbocycles. The molecular formula is C12H16BrFN2O. The highest BCUT2D eigenvalue weighted by molar-refractivity contribution is 9.10. The second-order valence-corrected chi connectivity index (χ2v) is 4.63. The van der Waals surface area contributed by atoms with Gasteiger partial charge in [0.05, 0.1) is 5.69 Å². The van der Waals surface area contributed by atoms with Crippen LogP contribution in [0.2, 0.25) is 0 Å². The molecule has 0 spiro atoms. The normalized spacial score (nSPS) is 10.3. The van der Waals surface area contributed by atoms with Crippen LogP contribution in [0.4, 0.5) is 10.1 Å². The summed E-state index contributed by atoms with van der Waals surface area (Å²) in [5.41, 5.74) is 5.95. The number of rotatable bonds is 6. The molecule has 0 heterocycles. The van der Waals surface area contributed by atoms with Crippen molar-refractivity contribution in [2.75, 3.05) is 11.9 Å². The van der Waals surface area contributed by atoms with E-state index in [4.69, 9.17) is 5.73 Å². The van der Waals surface area contributed by atoms with Gasteiger partial charge in [-0.1, -0.05) is 6.42 Å². The highest BCUT2D eigenvalue weighted by Gasteiger charge is 2.06. The minimum atomic E-state index is -0.335. The maximum absolute atomic E-state index is 12.8. The van der Waals surface area contributed by atoms with E-state index in [2.05, 4.69) is 21.2 Å². The third-order valence-corrected chi connectivity index (χ3v) is 2.97. The second kappa shape index (κ2) is 7.40. The van der Waals surface area contributed by atoms with Crippen molar-refractivity contribution in [2.45, 2.75) is 25.7 Å². The molecule has 0 bridgehead atoms. The SMILES string of the molecule is NCCCCCC(=O)Nc1ccc(F)cc1Br. The van der Waals surface area contributed by atoms with Crippen LogP contribution in [0.15, 0.2) is 22.7 Å². The average Bonchev–Trinajstić information content (AvgIpc) is 2.28. The van der Waals surface area contributed by atoms with Gasteiger partial charge in [-0.25, -0.2) is 4.39 Å². The number of anilines is 1. The summed E-state index contributed by atoms with van der Waals surface area (Å²) in [6.07, 6.45) is 3.17. The van der Waals surface area contributed by atoms with Crippen LogP contribution in [0.25, 0.3) is 0 Å². The van der Waals surface area contributed by atoms with E-state index in [1.807, 2.05) is 0 Å². The van der Waals surface area contributed by atoms with Crippen molar-refractivity contribution in [1.82, 2.24) is 0 Å². The van der Waals surface area contributed by atoms with E-state index in [9.17, 15) is 9.18 Å². The molecule has 17 heavy (non-hydrogen) atoms. The van der Waals surface area contributed by atoms with Gasteiger partial charge in [-0.3, -0.25) is 4.79 Å². The Morgan fingerprint density at radius 3 is 2.76 bits per heavy atom. The lowest BCUT2D eigenvalue weighted by Crippen LogP contribution is -2.11. The van der Waals surface area contributed by atoms with Crippen molar-refractivity contribution in [1.29, 1.82) is 0 Å². The first kappa shape index (κ1) is 14.1. The standard InChI is InChI=1S/C12H16BrFN2O/c13-10-8-9(14)5-6-11(10)16-12(17)4-2-1-3-7-15/h5-6,8H,1-4,7,15H2,(H,16,17). The summed E-state index contributed by atoms with van der Waals surface area (Å²) in [4.78, 5) is 11.6. The third-order valence-electron chi connectivity index (χ3n) is 2.31. The van der Waals surface area contributed by atoms with Crippen LogP contribution >= 0.6 is 15.9 Å². The molecule has 0 unspecified atom stereocenters. The number of hydrogen-bond donors (Lipinski definition) is 2. The zero-order valence-electron chi connectivity index (χ0n) is 9.51. The van der Waals surface area contributed by atoms with Gasteiger partial charge >= 0.3 is 0 Å². The number of nitrogens with one attached hydrogen (secondary N) is 1. The topological polar surface area (TPSA) is 55.1 Å². The predicted molar refractivity (Wildman–Crippen MR) is 70.3 cm³/mol. The number of nitrogens with two attached hydrogens (primary N) is 1. The van der Waals surface area contributed by atoms with Crippen LogP contribution in [-0.4, -0.2) is 12.5 Å². The van der Waals surface area contributed by atoms with E-state index < -0.39 is 0 Å². The molecule has 94 valence electrons. The van der Waals surface area contributed by atoms with Crippen LogP contribution in [0, 0.1) is 5.82 Å². The maximum atomic E-state index is 12.8. The molecule has 0 aliphatic rings. The molecule has 0 atom stereocenters. The molecule has 1 amide bonds. The fourth-order valence-corrected chi connectivity index (χ4v) is 1.86. The Balaban J connectivity index is 2.40. The molecular weight excluding hydrogens is 287 g/mol. The number of carbonyl (C=O) groups is 1. The van der Waals surface area contributed by atoms with Gasteiger partial charge < -0.3 is 11.1 Å². The summed E-state index contributed by atoms with van der Waals surface area (Å²) in [5, 5.41) is 2.73. The lowest BCUT2D eigenvalue weighted by molar-refractivity contribution is -0.116. The van der Waals surface area contributed by atoms with Crippen LogP contribution in [0.3, 0.4) is 0 Å². The van der Waals surface area contributed by atoms with Gasteiger partial charge in [0.15, 0.2) is 0 Å². The van der Waals surface area contributed by atoms with Crippen molar-refractivity contribution in [3.8, 4) is 0 Å². The molecule has 1 rings (SSSR count). The number of hydrogen-bond acceptors (Lipinski definition) is 2. The van der Waals surface area contributed by atoms with Crippen LogP contribution < -0.4 is 11.1 Å². The van der Waals surface area contributed by atoms with Gasteiger partial charge in [0.25, 0.3) is 0 Å². The minimum absolute atomic E-state index is 0.0608. The van der Waals surface area contributed by atoms with Crippen LogP contribution in [0.1, 0.15) is 25.7 Å². The smallest absolute Gasteiger partial charge is 0.224 e. The summed E-state index contributed by atoms with van der Waals surface area (Å²) in [5.74, 6) is -0.396. The fraction of sp³-hybridized carbons (Fsp3) is 0.417. The third kappa shape index (κ3) is 5.28. The average molecular weight is 303 g/mol. The van der Waals surface area contributed by atoms with Gasteiger partial charge in [0, 0.05) is 10.9 Å². The predicted octanol–water partition coefficient (Wildman–Crippen LogP) is 3.05. The van der Waals surface area contributed by atoms with Gasteiger partial charge in [-0.2, -0.15) is 0 Å². The lowest BCUT2D eigenvalue weighted by atomic mass is 10.2. The van der Waals surface area contributed by atoms with Crippen LogP contribution in [0.5, 0.6) is 0 Å². The number of halogens is 2. The number of amides is 1. The zero-order valence-corrected chi connectivity index (χ0v) is 11.1. The molecule has 0 aliphatic heterocycles. The summed E-state index contributed by atoms with van der Waals surface area (Å²) >= 11 is 3.20. The first-order valence-electron chi connectivity index (χ1n) is 5.58. The van der Waals surface area contributed by atoms with Crippen molar-refractivity contribution in [3.63, 3.8) is 0 Å². The first-order chi connectivity index (χ1) is 8.13. The fourth-order valence-electron chi connectivity index (χ4n) is 1.41. The van der Waals surface area contributed by atoms with E-state index in [1.54, 1.807) is 0 Å². The molecule has 0 saturated heterocycles. The Morgan fingerprint density at radius 1 is 1.35 bits per heavy atom. The largest absolute Gasteiger partial charge is 0.330 e. The highest BCUT2D eigenvalue weighted by Crippen LogP contribution is 2.23. The summed E-state index contributed by atoms with van der Waals surface area (Å²) in [6, 6.07) is 4.18. The Morgan fingerprint density at radius 2 is 2.12 bits per heavy atom.